The van der Waals surface area contributed by atoms with E-state index in [1.165, 1.54) is 12.1 Å². The maximum absolute atomic E-state index is 13.4. The number of nitrogens with zero attached hydrogens (tertiary/aromatic N) is 3. The molecular weight excluding hydrogens is 361 g/mol. The van der Waals surface area contributed by atoms with Crippen LogP contribution in [0.2, 0.25) is 0 Å². The minimum Gasteiger partial charge on any atom is -0.497 e. The van der Waals surface area contributed by atoms with Gasteiger partial charge in [0.15, 0.2) is 0 Å². The number of benzene rings is 2. The van der Waals surface area contributed by atoms with Crippen LogP contribution >= 0.6 is 0 Å². The van der Waals surface area contributed by atoms with Crippen molar-refractivity contribution in [3.8, 4) is 22.7 Å². The summed E-state index contributed by atoms with van der Waals surface area (Å²) in [7, 11) is 1.61. The number of rotatable bonds is 4. The Morgan fingerprint density at radius 3 is 2.39 bits per heavy atom. The predicted octanol–water partition coefficient (Wildman–Crippen LogP) is 3.16. The molecule has 0 aliphatic carbocycles. The largest absolute Gasteiger partial charge is 0.497 e. The van der Waals surface area contributed by atoms with Crippen LogP contribution in [-0.4, -0.2) is 54.0 Å². The molecule has 3 aromatic rings. The number of methoxy groups -OCH3 is 1. The number of aromatic nitrogens is 2. The normalized spacial score (nSPS) is 14.1. The van der Waals surface area contributed by atoms with Crippen LogP contribution < -0.4 is 4.74 Å². The summed E-state index contributed by atoms with van der Waals surface area (Å²) in [5.41, 5.74) is 2.57. The van der Waals surface area contributed by atoms with Gasteiger partial charge in [-0.1, -0.05) is 0 Å². The van der Waals surface area contributed by atoms with Crippen LogP contribution in [-0.2, 0) is 4.74 Å². The quantitative estimate of drug-likeness (QED) is 0.697. The number of morpholine rings is 1. The number of hydrogen-bond acceptors (Lipinski definition) is 4. The van der Waals surface area contributed by atoms with E-state index in [9.17, 15) is 9.18 Å². The van der Waals surface area contributed by atoms with E-state index >= 15 is 0 Å². The van der Waals surface area contributed by atoms with E-state index in [2.05, 4.69) is 5.10 Å². The highest BCUT2D eigenvalue weighted by molar-refractivity contribution is 5.94. The van der Waals surface area contributed by atoms with Crippen molar-refractivity contribution in [2.24, 2.45) is 0 Å². The molecule has 1 amide bonds. The molecule has 2 heterocycles. The third kappa shape index (κ3) is 3.61. The number of carbonyl (C=O) groups excluding carboxylic acids is 1. The van der Waals surface area contributed by atoms with Crippen LogP contribution in [0.15, 0.2) is 54.6 Å². The number of ether oxygens (including phenoxy) is 2. The molecule has 0 radical (unpaired) electrons. The molecule has 0 unspecified atom stereocenters. The Labute approximate surface area is 162 Å². The lowest BCUT2D eigenvalue weighted by atomic mass is 10.1. The third-order valence-electron chi connectivity index (χ3n) is 4.68. The number of hydrogen-bond donors (Lipinski definition) is 0. The van der Waals surface area contributed by atoms with Crippen molar-refractivity contribution in [3.05, 3.63) is 66.1 Å². The van der Waals surface area contributed by atoms with Gasteiger partial charge in [0.1, 0.15) is 17.3 Å². The van der Waals surface area contributed by atoms with Crippen molar-refractivity contribution in [2.75, 3.05) is 33.4 Å². The Kier molecular flexibility index (Phi) is 5.08. The Hall–Kier alpha value is -3.19. The van der Waals surface area contributed by atoms with E-state index in [4.69, 9.17) is 9.47 Å². The summed E-state index contributed by atoms with van der Waals surface area (Å²) in [4.78, 5) is 14.9. The predicted molar refractivity (Wildman–Crippen MR) is 102 cm³/mol. The molecule has 0 spiro atoms. The fraction of sp³-hybridized carbons (Fsp3) is 0.238. The van der Waals surface area contributed by atoms with Crippen LogP contribution in [0.5, 0.6) is 5.75 Å². The number of halogens is 1. The molecule has 7 heteroatoms. The van der Waals surface area contributed by atoms with Crippen molar-refractivity contribution >= 4 is 5.91 Å². The Bertz CT molecular complexity index is 962. The molecule has 0 atom stereocenters. The van der Waals surface area contributed by atoms with Gasteiger partial charge in [-0.25, -0.2) is 9.07 Å². The van der Waals surface area contributed by atoms with Gasteiger partial charge < -0.3 is 14.4 Å². The zero-order chi connectivity index (χ0) is 19.5. The lowest BCUT2D eigenvalue weighted by Crippen LogP contribution is -2.41. The van der Waals surface area contributed by atoms with Crippen molar-refractivity contribution in [2.45, 2.75) is 0 Å². The first kappa shape index (κ1) is 18.2. The molecule has 1 aromatic heterocycles. The van der Waals surface area contributed by atoms with Crippen LogP contribution in [0.4, 0.5) is 4.39 Å². The average Bonchev–Trinajstić information content (AvgIpc) is 3.20. The second kappa shape index (κ2) is 7.82. The second-order valence-corrected chi connectivity index (χ2v) is 6.44. The van der Waals surface area contributed by atoms with Gasteiger partial charge >= 0.3 is 0 Å². The number of carbonyl (C=O) groups is 1. The smallest absolute Gasteiger partial charge is 0.272 e. The summed E-state index contributed by atoms with van der Waals surface area (Å²) in [6, 6.07) is 15.2. The van der Waals surface area contributed by atoms with E-state index in [0.29, 0.717) is 43.4 Å². The second-order valence-electron chi connectivity index (χ2n) is 6.44. The van der Waals surface area contributed by atoms with Crippen molar-refractivity contribution in [1.29, 1.82) is 0 Å². The molecule has 1 aliphatic heterocycles. The Morgan fingerprint density at radius 2 is 1.75 bits per heavy atom. The third-order valence-corrected chi connectivity index (χ3v) is 4.68. The van der Waals surface area contributed by atoms with Crippen molar-refractivity contribution in [3.63, 3.8) is 0 Å². The molecule has 0 saturated carbocycles. The van der Waals surface area contributed by atoms with E-state index in [0.717, 1.165) is 11.3 Å². The first-order valence-corrected chi connectivity index (χ1v) is 9.03. The van der Waals surface area contributed by atoms with Gasteiger partial charge in [-0.3, -0.25) is 4.79 Å². The molecule has 144 valence electrons. The van der Waals surface area contributed by atoms with Crippen molar-refractivity contribution in [1.82, 2.24) is 14.7 Å². The van der Waals surface area contributed by atoms with Crippen LogP contribution in [0.3, 0.4) is 0 Å². The molecule has 1 saturated heterocycles. The fourth-order valence-electron chi connectivity index (χ4n) is 3.14. The monoisotopic (exact) mass is 381 g/mol. The fourth-order valence-corrected chi connectivity index (χ4v) is 3.14. The first-order valence-electron chi connectivity index (χ1n) is 9.03. The standard InChI is InChI=1S/C21H20FN3O3/c1-27-18-8-2-15(3-9-18)19-14-20(21(26)24-10-12-28-13-11-24)25(23-19)17-6-4-16(22)5-7-17/h2-9,14H,10-13H2,1H3. The molecule has 4 rings (SSSR count). The minimum absolute atomic E-state index is 0.125. The van der Waals surface area contributed by atoms with Gasteiger partial charge in [0.25, 0.3) is 5.91 Å². The number of amides is 1. The van der Waals surface area contributed by atoms with Crippen LogP contribution in [0, 0.1) is 5.82 Å². The highest BCUT2D eigenvalue weighted by Crippen LogP contribution is 2.25. The average molecular weight is 381 g/mol. The van der Waals surface area contributed by atoms with Gasteiger partial charge in [-0.15, -0.1) is 0 Å². The van der Waals surface area contributed by atoms with Crippen LogP contribution in [0.1, 0.15) is 10.5 Å². The van der Waals surface area contributed by atoms with E-state index in [-0.39, 0.29) is 11.7 Å². The summed E-state index contributed by atoms with van der Waals surface area (Å²) in [6.45, 7) is 2.10. The zero-order valence-electron chi connectivity index (χ0n) is 15.5. The maximum Gasteiger partial charge on any atom is 0.272 e. The molecule has 0 bridgehead atoms. The summed E-state index contributed by atoms with van der Waals surface area (Å²) in [5.74, 6) is 0.276. The van der Waals surface area contributed by atoms with Gasteiger partial charge in [0.05, 0.1) is 31.7 Å². The summed E-state index contributed by atoms with van der Waals surface area (Å²) in [5, 5.41) is 4.63. The summed E-state index contributed by atoms with van der Waals surface area (Å²) >= 11 is 0. The lowest BCUT2D eigenvalue weighted by molar-refractivity contribution is 0.0297. The van der Waals surface area contributed by atoms with E-state index in [1.807, 2.05) is 24.3 Å². The molecule has 6 nitrogen and oxygen atoms in total. The Balaban J connectivity index is 1.76. The maximum atomic E-state index is 13.4. The van der Waals surface area contributed by atoms with Crippen LogP contribution in [0.25, 0.3) is 16.9 Å². The van der Waals surface area contributed by atoms with E-state index < -0.39 is 0 Å². The molecular formula is C21H20FN3O3. The molecule has 28 heavy (non-hydrogen) atoms. The summed E-state index contributed by atoms with van der Waals surface area (Å²) < 4.78 is 25.5. The molecule has 1 fully saturated rings. The lowest BCUT2D eigenvalue weighted by Gasteiger charge is -2.26. The first-order chi connectivity index (χ1) is 13.7. The highest BCUT2D eigenvalue weighted by atomic mass is 19.1. The van der Waals surface area contributed by atoms with Gasteiger partial charge in [0.2, 0.25) is 0 Å². The highest BCUT2D eigenvalue weighted by Gasteiger charge is 2.24. The van der Waals surface area contributed by atoms with Gasteiger partial charge in [-0.05, 0) is 54.6 Å². The summed E-state index contributed by atoms with van der Waals surface area (Å²) in [6.07, 6.45) is 0. The SMILES string of the molecule is COc1ccc(-c2cc(C(=O)N3CCOCC3)n(-c3ccc(F)cc3)n2)cc1. The minimum atomic E-state index is -0.340. The zero-order valence-corrected chi connectivity index (χ0v) is 15.5. The topological polar surface area (TPSA) is 56.6 Å². The van der Waals surface area contributed by atoms with E-state index in [1.54, 1.807) is 34.9 Å². The van der Waals surface area contributed by atoms with Gasteiger partial charge in [-0.2, -0.15) is 5.10 Å². The Morgan fingerprint density at radius 1 is 1.07 bits per heavy atom. The molecule has 1 aliphatic rings. The van der Waals surface area contributed by atoms with Crippen molar-refractivity contribution < 1.29 is 18.7 Å². The molecule has 2 aromatic carbocycles. The molecule has 0 N–H and O–H groups in total. The van der Waals surface area contributed by atoms with Gasteiger partial charge in [0, 0.05) is 18.7 Å².